The van der Waals surface area contributed by atoms with E-state index in [1.807, 2.05) is 13.8 Å². The minimum atomic E-state index is -0.426. The number of nitro benzene ring substituents is 1. The van der Waals surface area contributed by atoms with Gasteiger partial charge in [0.05, 0.1) is 9.95 Å². The summed E-state index contributed by atoms with van der Waals surface area (Å²) in [5.41, 5.74) is 1.92. The molecule has 0 bridgehead atoms. The first-order valence-electron chi connectivity index (χ1n) is 3.99. The molecule has 0 aromatic heterocycles. The normalized spacial score (nSPS) is 10.1. The van der Waals surface area contributed by atoms with Gasteiger partial charge in [0.15, 0.2) is 0 Å². The standard InChI is InChI=1S/C9H10ClNO2/c1-3-7-4-8(11(12)13)5-9(10)6(7)2/h4-5H,3H2,1-2H3. The molecule has 0 unspecified atom stereocenters. The van der Waals surface area contributed by atoms with Crippen LogP contribution in [0.25, 0.3) is 0 Å². The van der Waals surface area contributed by atoms with E-state index in [1.54, 1.807) is 6.07 Å². The van der Waals surface area contributed by atoms with Crippen molar-refractivity contribution in [3.63, 3.8) is 0 Å². The number of nitro groups is 1. The van der Waals surface area contributed by atoms with Crippen LogP contribution in [0.15, 0.2) is 12.1 Å². The van der Waals surface area contributed by atoms with Crippen LogP contribution in [0.3, 0.4) is 0 Å². The maximum Gasteiger partial charge on any atom is 0.271 e. The van der Waals surface area contributed by atoms with Gasteiger partial charge in [-0.3, -0.25) is 10.1 Å². The molecule has 13 heavy (non-hydrogen) atoms. The topological polar surface area (TPSA) is 43.1 Å². The van der Waals surface area contributed by atoms with E-state index in [-0.39, 0.29) is 5.69 Å². The Kier molecular flexibility index (Phi) is 2.88. The predicted molar refractivity (Wildman–Crippen MR) is 52.2 cm³/mol. The number of hydrogen-bond acceptors (Lipinski definition) is 2. The summed E-state index contributed by atoms with van der Waals surface area (Å²) < 4.78 is 0. The zero-order valence-electron chi connectivity index (χ0n) is 7.50. The van der Waals surface area contributed by atoms with E-state index in [0.717, 1.165) is 17.5 Å². The molecular weight excluding hydrogens is 190 g/mol. The van der Waals surface area contributed by atoms with Crippen molar-refractivity contribution in [3.8, 4) is 0 Å². The van der Waals surface area contributed by atoms with E-state index in [0.29, 0.717) is 5.02 Å². The lowest BCUT2D eigenvalue weighted by Gasteiger charge is -2.04. The Morgan fingerprint density at radius 3 is 2.62 bits per heavy atom. The molecule has 1 aromatic carbocycles. The molecule has 0 aliphatic rings. The molecule has 3 nitrogen and oxygen atoms in total. The van der Waals surface area contributed by atoms with E-state index in [4.69, 9.17) is 11.6 Å². The average Bonchev–Trinajstić information content (AvgIpc) is 2.09. The van der Waals surface area contributed by atoms with Gasteiger partial charge in [0.2, 0.25) is 0 Å². The second kappa shape index (κ2) is 3.75. The summed E-state index contributed by atoms with van der Waals surface area (Å²) in [5.74, 6) is 0. The van der Waals surface area contributed by atoms with Gasteiger partial charge >= 0.3 is 0 Å². The molecule has 0 fully saturated rings. The Bertz CT molecular complexity index is 350. The van der Waals surface area contributed by atoms with Gasteiger partial charge in [-0.15, -0.1) is 0 Å². The van der Waals surface area contributed by atoms with Gasteiger partial charge in [0.1, 0.15) is 0 Å². The number of hydrogen-bond donors (Lipinski definition) is 0. The highest BCUT2D eigenvalue weighted by molar-refractivity contribution is 6.31. The summed E-state index contributed by atoms with van der Waals surface area (Å²) in [6.07, 6.45) is 0.757. The first kappa shape index (κ1) is 9.99. The van der Waals surface area contributed by atoms with Crippen LogP contribution < -0.4 is 0 Å². The largest absolute Gasteiger partial charge is 0.271 e. The van der Waals surface area contributed by atoms with Gasteiger partial charge in [-0.2, -0.15) is 0 Å². The number of nitrogens with zero attached hydrogens (tertiary/aromatic N) is 1. The second-order valence-electron chi connectivity index (χ2n) is 2.82. The molecule has 0 N–H and O–H groups in total. The number of benzene rings is 1. The number of rotatable bonds is 2. The van der Waals surface area contributed by atoms with Crippen LogP contribution in [0.1, 0.15) is 18.1 Å². The Morgan fingerprint density at radius 2 is 2.15 bits per heavy atom. The monoisotopic (exact) mass is 199 g/mol. The summed E-state index contributed by atoms with van der Waals surface area (Å²) in [6, 6.07) is 2.96. The highest BCUT2D eigenvalue weighted by atomic mass is 35.5. The predicted octanol–water partition coefficient (Wildman–Crippen LogP) is 3.12. The van der Waals surface area contributed by atoms with Crippen molar-refractivity contribution in [2.24, 2.45) is 0 Å². The van der Waals surface area contributed by atoms with Gasteiger partial charge in [0, 0.05) is 12.1 Å². The van der Waals surface area contributed by atoms with E-state index < -0.39 is 4.92 Å². The van der Waals surface area contributed by atoms with Crippen LogP contribution in [0.4, 0.5) is 5.69 Å². The third-order valence-electron chi connectivity index (χ3n) is 2.03. The van der Waals surface area contributed by atoms with Crippen molar-refractivity contribution < 1.29 is 4.92 Å². The zero-order valence-corrected chi connectivity index (χ0v) is 8.26. The fraction of sp³-hybridized carbons (Fsp3) is 0.333. The highest BCUT2D eigenvalue weighted by Crippen LogP contribution is 2.26. The van der Waals surface area contributed by atoms with E-state index in [9.17, 15) is 10.1 Å². The highest BCUT2D eigenvalue weighted by Gasteiger charge is 2.11. The fourth-order valence-electron chi connectivity index (χ4n) is 1.19. The van der Waals surface area contributed by atoms with E-state index in [2.05, 4.69) is 0 Å². The summed E-state index contributed by atoms with van der Waals surface area (Å²) in [6.45, 7) is 3.81. The molecule has 0 aliphatic heterocycles. The minimum Gasteiger partial charge on any atom is -0.258 e. The van der Waals surface area contributed by atoms with Gasteiger partial charge < -0.3 is 0 Å². The molecule has 0 amide bonds. The van der Waals surface area contributed by atoms with Crippen molar-refractivity contribution in [1.29, 1.82) is 0 Å². The lowest BCUT2D eigenvalue weighted by Crippen LogP contribution is -1.93. The molecule has 1 aromatic rings. The smallest absolute Gasteiger partial charge is 0.258 e. The third kappa shape index (κ3) is 1.98. The molecular formula is C9H10ClNO2. The van der Waals surface area contributed by atoms with Gasteiger partial charge in [-0.1, -0.05) is 18.5 Å². The summed E-state index contributed by atoms with van der Waals surface area (Å²) >= 11 is 5.84. The first-order valence-corrected chi connectivity index (χ1v) is 4.37. The quantitative estimate of drug-likeness (QED) is 0.543. The van der Waals surface area contributed by atoms with Gasteiger partial charge in [-0.25, -0.2) is 0 Å². The Balaban J connectivity index is 3.30. The fourth-order valence-corrected chi connectivity index (χ4v) is 1.43. The van der Waals surface area contributed by atoms with Crippen LogP contribution in [0, 0.1) is 17.0 Å². The molecule has 0 aliphatic carbocycles. The molecule has 0 atom stereocenters. The number of non-ortho nitro benzene ring substituents is 1. The molecule has 0 radical (unpaired) electrons. The Labute approximate surface area is 81.5 Å². The average molecular weight is 200 g/mol. The lowest BCUT2D eigenvalue weighted by atomic mass is 10.1. The summed E-state index contributed by atoms with van der Waals surface area (Å²) in [7, 11) is 0. The molecule has 0 saturated carbocycles. The molecule has 70 valence electrons. The molecule has 0 saturated heterocycles. The lowest BCUT2D eigenvalue weighted by molar-refractivity contribution is -0.384. The maximum absolute atomic E-state index is 10.5. The van der Waals surface area contributed by atoms with Crippen LogP contribution >= 0.6 is 11.6 Å². The summed E-state index contributed by atoms with van der Waals surface area (Å²) in [4.78, 5) is 10.1. The Morgan fingerprint density at radius 1 is 1.54 bits per heavy atom. The first-order chi connectivity index (χ1) is 6.06. The molecule has 1 rings (SSSR count). The van der Waals surface area contributed by atoms with Crippen LogP contribution in [-0.4, -0.2) is 4.92 Å². The maximum atomic E-state index is 10.5. The zero-order chi connectivity index (χ0) is 10.0. The minimum absolute atomic E-state index is 0.0625. The van der Waals surface area contributed by atoms with Crippen molar-refractivity contribution in [1.82, 2.24) is 0 Å². The Hall–Kier alpha value is -1.09. The van der Waals surface area contributed by atoms with Crippen LogP contribution in [0.2, 0.25) is 5.02 Å². The second-order valence-corrected chi connectivity index (χ2v) is 3.23. The van der Waals surface area contributed by atoms with E-state index in [1.165, 1.54) is 6.07 Å². The van der Waals surface area contributed by atoms with E-state index >= 15 is 0 Å². The van der Waals surface area contributed by atoms with Crippen molar-refractivity contribution >= 4 is 17.3 Å². The number of aryl methyl sites for hydroxylation is 1. The SMILES string of the molecule is CCc1cc([N+](=O)[O-])cc(Cl)c1C. The van der Waals surface area contributed by atoms with Crippen LogP contribution in [0.5, 0.6) is 0 Å². The van der Waals surface area contributed by atoms with Crippen molar-refractivity contribution in [3.05, 3.63) is 38.4 Å². The van der Waals surface area contributed by atoms with Crippen LogP contribution in [-0.2, 0) is 6.42 Å². The van der Waals surface area contributed by atoms with Crippen molar-refractivity contribution in [2.75, 3.05) is 0 Å². The molecule has 0 heterocycles. The molecule has 4 heteroatoms. The van der Waals surface area contributed by atoms with Gasteiger partial charge in [-0.05, 0) is 24.5 Å². The van der Waals surface area contributed by atoms with Crippen molar-refractivity contribution in [2.45, 2.75) is 20.3 Å². The van der Waals surface area contributed by atoms with Gasteiger partial charge in [0.25, 0.3) is 5.69 Å². The third-order valence-corrected chi connectivity index (χ3v) is 2.42. The summed E-state index contributed by atoms with van der Waals surface area (Å²) in [5, 5.41) is 10.9. The number of halogens is 1. The molecule has 0 spiro atoms.